The van der Waals surface area contributed by atoms with Crippen LogP contribution in [0, 0.1) is 6.92 Å². The van der Waals surface area contributed by atoms with E-state index in [2.05, 4.69) is 28.1 Å². The van der Waals surface area contributed by atoms with Crippen molar-refractivity contribution in [1.82, 2.24) is 4.57 Å². The zero-order valence-electron chi connectivity index (χ0n) is 20.2. The molecule has 1 aromatic heterocycles. The Labute approximate surface area is 249 Å². The first-order valence-electron chi connectivity index (χ1n) is 9.82. The first-order chi connectivity index (χ1) is 14.3. The van der Waals surface area contributed by atoms with E-state index in [1.165, 1.54) is 7.11 Å². The SMILES string of the molecule is CCN(CCC(=O)OC)c1ccc(N=Nc2cc(Cl)cc3c2[n+](C)cn3C)c(C)c1.[Cl-].[Cl-].[Cl-].[Cl-].[Zn+2]. The largest absolute Gasteiger partial charge is 2.00 e. The average Bonchev–Trinajstić information content (AvgIpc) is 3.00. The molecule has 0 aliphatic heterocycles. The van der Waals surface area contributed by atoms with Gasteiger partial charge in [0.2, 0.25) is 11.8 Å². The molecule has 13 heteroatoms. The van der Waals surface area contributed by atoms with Crippen LogP contribution < -0.4 is 59.1 Å². The maximum absolute atomic E-state index is 11.5. The summed E-state index contributed by atoms with van der Waals surface area (Å²) in [5, 5.41) is 9.60. The zero-order chi connectivity index (χ0) is 21.8. The van der Waals surface area contributed by atoms with Gasteiger partial charge in [-0.05, 0) is 43.7 Å². The summed E-state index contributed by atoms with van der Waals surface area (Å²) < 4.78 is 8.76. The standard InChI is InChI=1S/C22H27ClN5O2.4ClH.Zn/c1-6-28(10-9-21(29)30-5)17-7-8-18(15(2)11-17)24-25-19-12-16(23)13-20-22(19)27(4)14-26(20)3;;;;;/h7-8,11-14H,6,9-10H2,1-5H3;4*1H;/q+1;;;;;+2/p-4. The Hall–Kier alpha value is -1.15. The fraction of sp³-hybridized carbons (Fsp3) is 0.364. The third-order valence-corrected chi connectivity index (χ3v) is 5.34. The molecular weight excluding hydrogens is 609 g/mol. The number of fused-ring (bicyclic) bond motifs is 1. The minimum absolute atomic E-state index is 0. The molecule has 0 spiro atoms. The summed E-state index contributed by atoms with van der Waals surface area (Å²) in [5.41, 5.74) is 5.52. The number of hydrogen-bond donors (Lipinski definition) is 0. The van der Waals surface area contributed by atoms with E-state index in [1.807, 2.05) is 60.7 Å². The van der Waals surface area contributed by atoms with Crippen LogP contribution in [-0.4, -0.2) is 30.7 Å². The molecule has 0 aliphatic rings. The molecule has 0 N–H and O–H groups in total. The number of rotatable bonds is 7. The molecule has 3 aromatic rings. The first-order valence-corrected chi connectivity index (χ1v) is 10.2. The Balaban J connectivity index is -0.00000205. The number of methoxy groups -OCH3 is 1. The second-order valence-corrected chi connectivity index (χ2v) is 7.64. The summed E-state index contributed by atoms with van der Waals surface area (Å²) in [6.07, 6.45) is 2.33. The van der Waals surface area contributed by atoms with E-state index in [0.717, 1.165) is 40.2 Å². The Morgan fingerprint density at radius 2 is 1.74 bits per heavy atom. The van der Waals surface area contributed by atoms with Gasteiger partial charge in [-0.15, -0.1) is 5.11 Å². The molecule has 0 fully saturated rings. The molecule has 0 aliphatic carbocycles. The van der Waals surface area contributed by atoms with E-state index in [9.17, 15) is 4.79 Å². The number of aromatic nitrogens is 2. The summed E-state index contributed by atoms with van der Waals surface area (Å²) >= 11 is 6.29. The summed E-state index contributed by atoms with van der Waals surface area (Å²) in [6, 6.07) is 9.75. The molecular formula is C22H27Cl5N5O2Zn-. The number of anilines is 1. The number of imidazole rings is 1. The third kappa shape index (κ3) is 9.34. The van der Waals surface area contributed by atoms with Crippen LogP contribution in [0.1, 0.15) is 18.9 Å². The predicted octanol–water partition coefficient (Wildman–Crippen LogP) is -7.22. The smallest absolute Gasteiger partial charge is 1.00 e. The predicted molar refractivity (Wildman–Crippen MR) is 119 cm³/mol. The normalized spacial score (nSPS) is 9.77. The van der Waals surface area contributed by atoms with E-state index in [-0.39, 0.29) is 75.1 Å². The van der Waals surface area contributed by atoms with E-state index in [1.54, 1.807) is 0 Å². The summed E-state index contributed by atoms with van der Waals surface area (Å²) in [6.45, 7) is 5.46. The molecule has 2 aromatic carbocycles. The third-order valence-electron chi connectivity index (χ3n) is 5.12. The van der Waals surface area contributed by atoms with E-state index in [4.69, 9.17) is 16.3 Å². The quantitative estimate of drug-likeness (QED) is 0.112. The Morgan fingerprint density at radius 1 is 1.11 bits per heavy atom. The molecule has 3 rings (SSSR count). The number of benzene rings is 2. The van der Waals surface area contributed by atoms with Crippen molar-refractivity contribution in [3.8, 4) is 0 Å². The van der Waals surface area contributed by atoms with Crippen molar-refractivity contribution in [1.29, 1.82) is 0 Å². The molecule has 0 radical (unpaired) electrons. The van der Waals surface area contributed by atoms with Gasteiger partial charge in [0, 0.05) is 29.9 Å². The van der Waals surface area contributed by atoms with Crippen LogP contribution in [0.15, 0.2) is 46.9 Å². The van der Waals surface area contributed by atoms with E-state index >= 15 is 0 Å². The van der Waals surface area contributed by atoms with Gasteiger partial charge in [0.1, 0.15) is 5.69 Å². The second-order valence-electron chi connectivity index (χ2n) is 7.21. The number of carbonyl (C=O) groups is 1. The Bertz CT molecular complexity index is 1130. The van der Waals surface area contributed by atoms with Crippen LogP contribution in [0.3, 0.4) is 0 Å². The number of azo groups is 1. The van der Waals surface area contributed by atoms with Crippen LogP contribution in [0.4, 0.5) is 17.1 Å². The molecule has 0 unspecified atom stereocenters. The maximum atomic E-state index is 11.5. The monoisotopic (exact) mass is 632 g/mol. The van der Waals surface area contributed by atoms with Gasteiger partial charge in [-0.3, -0.25) is 4.79 Å². The van der Waals surface area contributed by atoms with Gasteiger partial charge in [0.05, 0.1) is 33.3 Å². The van der Waals surface area contributed by atoms with Crippen LogP contribution in [0.25, 0.3) is 11.0 Å². The van der Waals surface area contributed by atoms with Gasteiger partial charge in [0.25, 0.3) is 0 Å². The van der Waals surface area contributed by atoms with Crippen molar-refractivity contribution in [2.75, 3.05) is 25.1 Å². The van der Waals surface area contributed by atoms with Crippen molar-refractivity contribution in [3.63, 3.8) is 0 Å². The minimum Gasteiger partial charge on any atom is -1.00 e. The van der Waals surface area contributed by atoms with E-state index < -0.39 is 0 Å². The number of aryl methyl sites for hydroxylation is 3. The van der Waals surface area contributed by atoms with Gasteiger partial charge in [-0.1, -0.05) is 11.6 Å². The van der Waals surface area contributed by atoms with Crippen molar-refractivity contribution in [3.05, 3.63) is 47.2 Å². The van der Waals surface area contributed by atoms with Crippen molar-refractivity contribution >= 4 is 45.7 Å². The van der Waals surface area contributed by atoms with Gasteiger partial charge in [0.15, 0.2) is 5.52 Å². The molecule has 0 saturated heterocycles. The minimum atomic E-state index is -0.211. The van der Waals surface area contributed by atoms with E-state index in [0.29, 0.717) is 18.0 Å². The molecule has 7 nitrogen and oxygen atoms in total. The van der Waals surface area contributed by atoms with Gasteiger partial charge < -0.3 is 59.3 Å². The van der Waals surface area contributed by atoms with Gasteiger partial charge >= 0.3 is 25.4 Å². The first kappa shape index (κ1) is 38.4. The maximum Gasteiger partial charge on any atom is 2.00 e. The molecule has 0 saturated carbocycles. The van der Waals surface area contributed by atoms with Crippen molar-refractivity contribution in [2.45, 2.75) is 20.3 Å². The van der Waals surface area contributed by atoms with Crippen LogP contribution >= 0.6 is 11.6 Å². The number of halogens is 5. The molecule has 0 bridgehead atoms. The number of carbonyl (C=O) groups excluding carboxylic acids is 1. The topological polar surface area (TPSA) is 63.1 Å². The molecule has 190 valence electrons. The van der Waals surface area contributed by atoms with Crippen LogP contribution in [0.2, 0.25) is 5.02 Å². The second kappa shape index (κ2) is 17.3. The zero-order valence-corrected chi connectivity index (χ0v) is 27.0. The summed E-state index contributed by atoms with van der Waals surface area (Å²) in [7, 11) is 5.36. The fourth-order valence-electron chi connectivity index (χ4n) is 3.51. The number of ether oxygens (including phenoxy) is 1. The van der Waals surface area contributed by atoms with Gasteiger partial charge in [-0.25, -0.2) is 9.13 Å². The van der Waals surface area contributed by atoms with Crippen LogP contribution in [-0.2, 0) is 43.1 Å². The fourth-order valence-corrected chi connectivity index (χ4v) is 3.72. The number of esters is 1. The molecule has 1 heterocycles. The van der Waals surface area contributed by atoms with Crippen LogP contribution in [0.5, 0.6) is 0 Å². The van der Waals surface area contributed by atoms with Crippen molar-refractivity contribution < 1.29 is 83.2 Å². The average molecular weight is 636 g/mol. The molecule has 35 heavy (non-hydrogen) atoms. The summed E-state index contributed by atoms with van der Waals surface area (Å²) in [4.78, 5) is 13.6. The molecule has 0 amide bonds. The number of nitrogens with zero attached hydrogens (tertiary/aromatic N) is 5. The van der Waals surface area contributed by atoms with Crippen molar-refractivity contribution in [2.24, 2.45) is 24.3 Å². The summed E-state index contributed by atoms with van der Waals surface area (Å²) in [5.74, 6) is -0.211. The number of hydrogen-bond acceptors (Lipinski definition) is 5. The van der Waals surface area contributed by atoms with Gasteiger partial charge in [-0.2, -0.15) is 5.11 Å². The Morgan fingerprint density at radius 3 is 2.31 bits per heavy atom. The molecule has 0 atom stereocenters. The Kier molecular flexibility index (Phi) is 19.0.